The van der Waals surface area contributed by atoms with E-state index in [1.54, 1.807) is 0 Å². The maximum atomic E-state index is 12.8. The van der Waals surface area contributed by atoms with Gasteiger partial charge in [0.1, 0.15) is 0 Å². The van der Waals surface area contributed by atoms with Gasteiger partial charge in [-0.25, -0.2) is 0 Å². The summed E-state index contributed by atoms with van der Waals surface area (Å²) in [5.74, 6) is -0.739. The molecule has 0 heterocycles. The standard InChI is InChI=1S/C13H16F3NO2/c1-3-9(8-19-2)17-12(18)10-6-4-5-7-11(10)13(14,15)16/h4-7,9H,3,8H2,1-2H3,(H,17,18)/t9-/m0/s1. The van der Waals surface area contributed by atoms with Crippen molar-refractivity contribution in [1.82, 2.24) is 5.32 Å². The lowest BCUT2D eigenvalue weighted by Gasteiger charge is -2.18. The monoisotopic (exact) mass is 275 g/mol. The minimum absolute atomic E-state index is 0.260. The summed E-state index contributed by atoms with van der Waals surface area (Å²) in [6.45, 7) is 2.08. The van der Waals surface area contributed by atoms with Crippen LogP contribution in [0.1, 0.15) is 29.3 Å². The Morgan fingerprint density at radius 3 is 2.53 bits per heavy atom. The van der Waals surface area contributed by atoms with Crippen molar-refractivity contribution in [3.63, 3.8) is 0 Å². The predicted molar refractivity (Wildman–Crippen MR) is 64.9 cm³/mol. The van der Waals surface area contributed by atoms with Crippen LogP contribution in [0, 0.1) is 0 Å². The summed E-state index contributed by atoms with van der Waals surface area (Å²) in [7, 11) is 1.47. The zero-order valence-corrected chi connectivity index (χ0v) is 10.8. The molecule has 1 aromatic rings. The molecule has 0 aliphatic rings. The van der Waals surface area contributed by atoms with E-state index >= 15 is 0 Å². The fourth-order valence-corrected chi connectivity index (χ4v) is 1.65. The van der Waals surface area contributed by atoms with Crippen molar-refractivity contribution >= 4 is 5.91 Å². The van der Waals surface area contributed by atoms with E-state index in [2.05, 4.69) is 5.32 Å². The van der Waals surface area contributed by atoms with Crippen molar-refractivity contribution in [1.29, 1.82) is 0 Å². The van der Waals surface area contributed by atoms with E-state index in [-0.39, 0.29) is 18.2 Å². The Hall–Kier alpha value is -1.56. The van der Waals surface area contributed by atoms with E-state index in [1.807, 2.05) is 6.92 Å². The minimum Gasteiger partial charge on any atom is -0.383 e. The van der Waals surface area contributed by atoms with Crippen molar-refractivity contribution in [3.05, 3.63) is 35.4 Å². The molecule has 1 amide bonds. The van der Waals surface area contributed by atoms with Crippen LogP contribution in [0.3, 0.4) is 0 Å². The van der Waals surface area contributed by atoms with E-state index in [4.69, 9.17) is 4.74 Å². The molecular formula is C13H16F3NO2. The van der Waals surface area contributed by atoms with Crippen LogP contribution in [0.2, 0.25) is 0 Å². The molecule has 1 rings (SSSR count). The highest BCUT2D eigenvalue weighted by Gasteiger charge is 2.35. The molecular weight excluding hydrogens is 259 g/mol. The zero-order chi connectivity index (χ0) is 14.5. The second-order valence-electron chi connectivity index (χ2n) is 4.08. The normalized spacial score (nSPS) is 13.1. The highest BCUT2D eigenvalue weighted by atomic mass is 19.4. The Labute approximate surface area is 109 Å². The lowest BCUT2D eigenvalue weighted by atomic mass is 10.1. The van der Waals surface area contributed by atoms with Crippen molar-refractivity contribution < 1.29 is 22.7 Å². The number of halogens is 3. The van der Waals surface area contributed by atoms with Gasteiger partial charge in [0, 0.05) is 7.11 Å². The molecule has 0 aliphatic carbocycles. The van der Waals surface area contributed by atoms with E-state index in [0.29, 0.717) is 6.42 Å². The number of hydrogen-bond acceptors (Lipinski definition) is 2. The van der Waals surface area contributed by atoms with Gasteiger partial charge in [-0.2, -0.15) is 13.2 Å². The molecule has 0 saturated heterocycles. The van der Waals surface area contributed by atoms with E-state index < -0.39 is 17.6 Å². The van der Waals surface area contributed by atoms with Crippen LogP contribution in [0.4, 0.5) is 13.2 Å². The molecule has 1 aromatic carbocycles. The van der Waals surface area contributed by atoms with Crippen LogP contribution < -0.4 is 5.32 Å². The Kier molecular flexibility index (Phi) is 5.35. The highest BCUT2D eigenvalue weighted by Crippen LogP contribution is 2.31. The summed E-state index contributed by atoms with van der Waals surface area (Å²) in [6, 6.07) is 4.41. The van der Waals surface area contributed by atoms with Crippen LogP contribution in [0.15, 0.2) is 24.3 Å². The fourth-order valence-electron chi connectivity index (χ4n) is 1.65. The fraction of sp³-hybridized carbons (Fsp3) is 0.462. The number of carbonyl (C=O) groups excluding carboxylic acids is 1. The summed E-state index contributed by atoms with van der Waals surface area (Å²) < 4.78 is 43.2. The van der Waals surface area contributed by atoms with Crippen molar-refractivity contribution in [2.45, 2.75) is 25.6 Å². The molecule has 106 valence electrons. The van der Waals surface area contributed by atoms with Gasteiger partial charge in [0.25, 0.3) is 5.91 Å². The Balaban J connectivity index is 2.94. The van der Waals surface area contributed by atoms with Crippen LogP contribution in [-0.4, -0.2) is 25.7 Å². The summed E-state index contributed by atoms with van der Waals surface area (Å²) in [5, 5.41) is 2.53. The van der Waals surface area contributed by atoms with Crippen molar-refractivity contribution in [3.8, 4) is 0 Å². The Bertz CT molecular complexity index is 432. The Morgan fingerprint density at radius 1 is 1.37 bits per heavy atom. The van der Waals surface area contributed by atoms with Gasteiger partial charge in [-0.1, -0.05) is 19.1 Å². The SMILES string of the molecule is CC[C@@H](COC)NC(=O)c1ccccc1C(F)(F)F. The number of alkyl halides is 3. The van der Waals surface area contributed by atoms with Gasteiger partial charge in [-0.15, -0.1) is 0 Å². The van der Waals surface area contributed by atoms with Crippen LogP contribution >= 0.6 is 0 Å². The van der Waals surface area contributed by atoms with E-state index in [9.17, 15) is 18.0 Å². The number of hydrogen-bond donors (Lipinski definition) is 1. The van der Waals surface area contributed by atoms with Gasteiger partial charge in [0.2, 0.25) is 0 Å². The van der Waals surface area contributed by atoms with Gasteiger partial charge in [-0.3, -0.25) is 4.79 Å². The predicted octanol–water partition coefficient (Wildman–Crippen LogP) is 2.86. The second kappa shape index (κ2) is 6.56. The summed E-state index contributed by atoms with van der Waals surface area (Å²) in [4.78, 5) is 11.9. The first-order chi connectivity index (χ1) is 8.90. The number of carbonyl (C=O) groups is 1. The van der Waals surface area contributed by atoms with Crippen molar-refractivity contribution in [2.75, 3.05) is 13.7 Å². The van der Waals surface area contributed by atoms with E-state index in [1.165, 1.54) is 19.2 Å². The molecule has 0 aliphatic heterocycles. The third-order valence-electron chi connectivity index (χ3n) is 2.67. The average Bonchev–Trinajstić information content (AvgIpc) is 2.37. The molecule has 0 unspecified atom stereocenters. The van der Waals surface area contributed by atoms with Crippen LogP contribution in [-0.2, 0) is 10.9 Å². The molecule has 0 bridgehead atoms. The topological polar surface area (TPSA) is 38.3 Å². The molecule has 1 N–H and O–H groups in total. The Morgan fingerprint density at radius 2 is 2.00 bits per heavy atom. The average molecular weight is 275 g/mol. The van der Waals surface area contributed by atoms with Crippen molar-refractivity contribution in [2.24, 2.45) is 0 Å². The lowest BCUT2D eigenvalue weighted by Crippen LogP contribution is -2.38. The first-order valence-electron chi connectivity index (χ1n) is 5.86. The first kappa shape index (κ1) is 15.5. The lowest BCUT2D eigenvalue weighted by molar-refractivity contribution is -0.137. The summed E-state index contributed by atoms with van der Waals surface area (Å²) in [5.41, 5.74) is -1.30. The number of methoxy groups -OCH3 is 1. The number of nitrogens with one attached hydrogen (secondary N) is 1. The molecule has 6 heteroatoms. The molecule has 19 heavy (non-hydrogen) atoms. The molecule has 0 saturated carbocycles. The molecule has 0 aromatic heterocycles. The smallest absolute Gasteiger partial charge is 0.383 e. The van der Waals surface area contributed by atoms with Crippen LogP contribution in [0.25, 0.3) is 0 Å². The third-order valence-corrected chi connectivity index (χ3v) is 2.67. The maximum absolute atomic E-state index is 12.8. The molecule has 1 atom stereocenters. The summed E-state index contributed by atoms with van der Waals surface area (Å²) in [6.07, 6.45) is -3.97. The van der Waals surface area contributed by atoms with Gasteiger partial charge < -0.3 is 10.1 Å². The van der Waals surface area contributed by atoms with Gasteiger partial charge in [-0.05, 0) is 18.6 Å². The number of rotatable bonds is 5. The number of ether oxygens (including phenoxy) is 1. The van der Waals surface area contributed by atoms with Crippen LogP contribution in [0.5, 0.6) is 0 Å². The summed E-state index contributed by atoms with van der Waals surface area (Å²) >= 11 is 0. The molecule has 3 nitrogen and oxygen atoms in total. The highest BCUT2D eigenvalue weighted by molar-refractivity contribution is 5.96. The van der Waals surface area contributed by atoms with Gasteiger partial charge in [0.15, 0.2) is 0 Å². The number of amides is 1. The third kappa shape index (κ3) is 4.24. The van der Waals surface area contributed by atoms with Gasteiger partial charge in [0.05, 0.1) is 23.8 Å². The van der Waals surface area contributed by atoms with Gasteiger partial charge >= 0.3 is 6.18 Å². The molecule has 0 radical (unpaired) electrons. The molecule has 0 fully saturated rings. The largest absolute Gasteiger partial charge is 0.417 e. The second-order valence-corrected chi connectivity index (χ2v) is 4.08. The van der Waals surface area contributed by atoms with E-state index in [0.717, 1.165) is 12.1 Å². The number of benzene rings is 1. The minimum atomic E-state index is -4.54. The first-order valence-corrected chi connectivity index (χ1v) is 5.86. The quantitative estimate of drug-likeness (QED) is 0.897. The molecule has 0 spiro atoms. The zero-order valence-electron chi connectivity index (χ0n) is 10.8. The maximum Gasteiger partial charge on any atom is 0.417 e.